The topological polar surface area (TPSA) is 72.0 Å². The minimum absolute atomic E-state index is 0.194. The van der Waals surface area contributed by atoms with E-state index in [0.717, 1.165) is 13.0 Å². The van der Waals surface area contributed by atoms with Gasteiger partial charge in [0.2, 0.25) is 17.2 Å². The first-order valence-corrected chi connectivity index (χ1v) is 8.16. The van der Waals surface area contributed by atoms with Gasteiger partial charge in [0.1, 0.15) is 0 Å². The zero-order valence-electron chi connectivity index (χ0n) is 12.6. The van der Waals surface area contributed by atoms with Crippen molar-refractivity contribution in [3.63, 3.8) is 0 Å². The second-order valence-corrected chi connectivity index (χ2v) is 5.57. The Morgan fingerprint density at radius 3 is 2.38 bits per heavy atom. The van der Waals surface area contributed by atoms with E-state index in [2.05, 4.69) is 32.5 Å². The van der Waals surface area contributed by atoms with Crippen LogP contribution in [0.15, 0.2) is 0 Å². The summed E-state index contributed by atoms with van der Waals surface area (Å²) in [7, 11) is 0. The molecule has 0 spiro atoms. The Kier molecular flexibility index (Phi) is 6.95. The molecule has 1 saturated carbocycles. The molecule has 0 aromatic carbocycles. The molecule has 0 bridgehead atoms. The van der Waals surface area contributed by atoms with E-state index in [1.807, 2.05) is 0 Å². The van der Waals surface area contributed by atoms with Gasteiger partial charge in [0.05, 0.1) is 12.7 Å². The number of nitrogens with zero attached hydrogens (tertiary/aromatic N) is 3. The Morgan fingerprint density at radius 2 is 1.71 bits per heavy atom. The summed E-state index contributed by atoms with van der Waals surface area (Å²) in [5, 5.41) is 6.42. The predicted octanol–water partition coefficient (Wildman–Crippen LogP) is 3.11. The third-order valence-corrected chi connectivity index (χ3v) is 3.60. The Morgan fingerprint density at radius 1 is 1.05 bits per heavy atom. The van der Waals surface area contributed by atoms with E-state index < -0.39 is 0 Å². The maximum atomic E-state index is 5.89. The maximum absolute atomic E-state index is 5.89. The van der Waals surface area contributed by atoms with E-state index in [-0.39, 0.29) is 5.28 Å². The van der Waals surface area contributed by atoms with E-state index in [4.69, 9.17) is 16.3 Å². The molecule has 1 aliphatic carbocycles. The quantitative estimate of drug-likeness (QED) is 0.719. The first-order valence-electron chi connectivity index (χ1n) is 7.79. The van der Waals surface area contributed by atoms with Gasteiger partial charge < -0.3 is 15.4 Å². The van der Waals surface area contributed by atoms with Crippen LogP contribution in [0.5, 0.6) is 0 Å². The van der Waals surface area contributed by atoms with Crippen LogP contribution in [0.2, 0.25) is 5.28 Å². The average molecular weight is 314 g/mol. The molecule has 118 valence electrons. The number of anilines is 2. The highest BCUT2D eigenvalue weighted by atomic mass is 35.5. The Bertz CT molecular complexity index is 426. The normalized spacial score (nSPS) is 15.9. The molecule has 21 heavy (non-hydrogen) atoms. The Labute approximate surface area is 131 Å². The number of hydrogen-bond acceptors (Lipinski definition) is 6. The molecule has 0 atom stereocenters. The van der Waals surface area contributed by atoms with Crippen molar-refractivity contribution in [3.05, 3.63) is 5.28 Å². The third-order valence-electron chi connectivity index (χ3n) is 3.43. The molecule has 0 radical (unpaired) electrons. The SMILES string of the molecule is CCCNc1nc(Cl)nc(NCCOC2CCCCC2)n1. The van der Waals surface area contributed by atoms with Crippen LogP contribution in [0.4, 0.5) is 11.9 Å². The molecule has 6 nitrogen and oxygen atoms in total. The lowest BCUT2D eigenvalue weighted by atomic mass is 9.98. The van der Waals surface area contributed by atoms with Crippen molar-refractivity contribution < 1.29 is 4.74 Å². The minimum atomic E-state index is 0.194. The van der Waals surface area contributed by atoms with Crippen molar-refractivity contribution in [2.24, 2.45) is 0 Å². The summed E-state index contributed by atoms with van der Waals surface area (Å²) < 4.78 is 5.85. The van der Waals surface area contributed by atoms with Crippen LogP contribution in [0.25, 0.3) is 0 Å². The van der Waals surface area contributed by atoms with Crippen molar-refractivity contribution >= 4 is 23.5 Å². The van der Waals surface area contributed by atoms with Gasteiger partial charge in [0, 0.05) is 13.1 Å². The zero-order valence-corrected chi connectivity index (χ0v) is 13.3. The molecule has 1 aliphatic rings. The number of hydrogen-bond donors (Lipinski definition) is 2. The second kappa shape index (κ2) is 9.00. The summed E-state index contributed by atoms with van der Waals surface area (Å²) in [6.45, 7) is 4.22. The van der Waals surface area contributed by atoms with E-state index in [9.17, 15) is 0 Å². The van der Waals surface area contributed by atoms with Crippen LogP contribution in [0.1, 0.15) is 45.4 Å². The van der Waals surface area contributed by atoms with Crippen LogP contribution in [0.3, 0.4) is 0 Å². The first kappa shape index (κ1) is 16.2. The molecule has 0 saturated heterocycles. The van der Waals surface area contributed by atoms with Crippen molar-refractivity contribution in [2.75, 3.05) is 30.3 Å². The lowest BCUT2D eigenvalue weighted by molar-refractivity contribution is 0.0347. The fourth-order valence-electron chi connectivity index (χ4n) is 2.37. The zero-order chi connectivity index (χ0) is 14.9. The van der Waals surface area contributed by atoms with Gasteiger partial charge in [0.25, 0.3) is 0 Å². The van der Waals surface area contributed by atoms with E-state index >= 15 is 0 Å². The number of ether oxygens (including phenoxy) is 1. The van der Waals surface area contributed by atoms with Gasteiger partial charge in [-0.05, 0) is 30.9 Å². The summed E-state index contributed by atoms with van der Waals surface area (Å²) in [5.41, 5.74) is 0. The number of nitrogens with one attached hydrogen (secondary N) is 2. The maximum Gasteiger partial charge on any atom is 0.228 e. The first-order chi connectivity index (χ1) is 10.3. The minimum Gasteiger partial charge on any atom is -0.376 e. The van der Waals surface area contributed by atoms with Crippen LogP contribution in [-0.4, -0.2) is 40.8 Å². The standard InChI is InChI=1S/C14H24ClN5O/c1-2-8-16-13-18-12(15)19-14(20-13)17-9-10-21-11-6-4-3-5-7-11/h11H,2-10H2,1H3,(H2,16,17,18,19,20). The monoisotopic (exact) mass is 313 g/mol. The van der Waals surface area contributed by atoms with Crippen LogP contribution >= 0.6 is 11.6 Å². The molecular formula is C14H24ClN5O. The molecule has 2 rings (SSSR count). The lowest BCUT2D eigenvalue weighted by Crippen LogP contribution is -2.21. The average Bonchev–Trinajstić information content (AvgIpc) is 2.50. The third kappa shape index (κ3) is 6.01. The van der Waals surface area contributed by atoms with Crippen molar-refractivity contribution in [3.8, 4) is 0 Å². The van der Waals surface area contributed by atoms with Gasteiger partial charge >= 0.3 is 0 Å². The van der Waals surface area contributed by atoms with Gasteiger partial charge in [-0.1, -0.05) is 26.2 Å². The summed E-state index contributed by atoms with van der Waals surface area (Å²) >= 11 is 5.89. The largest absolute Gasteiger partial charge is 0.376 e. The summed E-state index contributed by atoms with van der Waals surface area (Å²) in [4.78, 5) is 12.4. The highest BCUT2D eigenvalue weighted by molar-refractivity contribution is 6.28. The van der Waals surface area contributed by atoms with Crippen molar-refractivity contribution in [2.45, 2.75) is 51.6 Å². The fraction of sp³-hybridized carbons (Fsp3) is 0.786. The fourth-order valence-corrected chi connectivity index (χ4v) is 2.53. The Balaban J connectivity index is 1.72. The smallest absolute Gasteiger partial charge is 0.228 e. The van der Waals surface area contributed by atoms with Crippen molar-refractivity contribution in [1.82, 2.24) is 15.0 Å². The molecule has 0 unspecified atom stereocenters. The van der Waals surface area contributed by atoms with Gasteiger partial charge in [0.15, 0.2) is 0 Å². The molecule has 7 heteroatoms. The van der Waals surface area contributed by atoms with Gasteiger partial charge in [-0.3, -0.25) is 0 Å². The molecule has 1 aromatic heterocycles. The highest BCUT2D eigenvalue weighted by Crippen LogP contribution is 2.20. The highest BCUT2D eigenvalue weighted by Gasteiger charge is 2.13. The summed E-state index contributed by atoms with van der Waals surface area (Å²) in [5.74, 6) is 0.994. The lowest BCUT2D eigenvalue weighted by Gasteiger charge is -2.22. The molecule has 1 aromatic rings. The molecule has 1 fully saturated rings. The van der Waals surface area contributed by atoms with Crippen molar-refractivity contribution in [1.29, 1.82) is 0 Å². The van der Waals surface area contributed by atoms with E-state index in [0.29, 0.717) is 31.2 Å². The van der Waals surface area contributed by atoms with E-state index in [1.165, 1.54) is 32.1 Å². The molecule has 2 N–H and O–H groups in total. The molecule has 0 amide bonds. The molecule has 1 heterocycles. The second-order valence-electron chi connectivity index (χ2n) is 5.24. The van der Waals surface area contributed by atoms with Crippen LogP contribution in [-0.2, 0) is 4.74 Å². The molecular weight excluding hydrogens is 290 g/mol. The Hall–Kier alpha value is -1.14. The number of halogens is 1. The van der Waals surface area contributed by atoms with E-state index in [1.54, 1.807) is 0 Å². The predicted molar refractivity (Wildman–Crippen MR) is 84.9 cm³/mol. The van der Waals surface area contributed by atoms with Crippen LogP contribution in [0, 0.1) is 0 Å². The number of aromatic nitrogens is 3. The van der Waals surface area contributed by atoms with Gasteiger partial charge in [-0.25, -0.2) is 0 Å². The number of rotatable bonds is 8. The molecule has 0 aliphatic heterocycles. The van der Waals surface area contributed by atoms with Crippen LogP contribution < -0.4 is 10.6 Å². The summed E-state index contributed by atoms with van der Waals surface area (Å²) in [6.07, 6.45) is 7.70. The summed E-state index contributed by atoms with van der Waals surface area (Å²) in [6, 6.07) is 0. The van der Waals surface area contributed by atoms with Gasteiger partial charge in [-0.2, -0.15) is 15.0 Å². The van der Waals surface area contributed by atoms with Gasteiger partial charge in [-0.15, -0.1) is 0 Å².